The van der Waals surface area contributed by atoms with E-state index in [2.05, 4.69) is 10.6 Å². The first-order valence-electron chi connectivity index (χ1n) is 6.06. The number of nitrogens with zero attached hydrogens (tertiary/aromatic N) is 2. The van der Waals surface area contributed by atoms with Crippen LogP contribution in [-0.2, 0) is 11.8 Å². The van der Waals surface area contributed by atoms with Crippen molar-refractivity contribution in [3.8, 4) is 0 Å². The van der Waals surface area contributed by atoms with Gasteiger partial charge in [0.1, 0.15) is 5.69 Å². The number of rotatable bonds is 3. The number of hydrogen-bond donors (Lipinski definition) is 2. The van der Waals surface area contributed by atoms with Gasteiger partial charge in [-0.1, -0.05) is 0 Å². The summed E-state index contributed by atoms with van der Waals surface area (Å²) >= 11 is 0. The van der Waals surface area contributed by atoms with Gasteiger partial charge in [-0.15, -0.1) is 0 Å². The summed E-state index contributed by atoms with van der Waals surface area (Å²) in [6, 6.07) is 3.53. The molecule has 2 rings (SSSR count). The molecule has 1 aliphatic rings. The zero-order valence-corrected chi connectivity index (χ0v) is 10.5. The Kier molecular flexibility index (Phi) is 3.99. The van der Waals surface area contributed by atoms with Crippen LogP contribution in [0.5, 0.6) is 0 Å². The minimum Gasteiger partial charge on any atom is -0.347 e. The summed E-state index contributed by atoms with van der Waals surface area (Å²) in [6.45, 7) is 3.11. The van der Waals surface area contributed by atoms with E-state index in [-0.39, 0.29) is 18.4 Å². The molecule has 0 radical (unpaired) electrons. The standard InChI is InChI=1S/C12H18N4O2/c1-15-6-2-3-10(15)12(18)14-9-11(17)16-7-4-13-5-8-16/h2-3,6,13H,4-5,7-9H2,1H3,(H,14,18). The van der Waals surface area contributed by atoms with Crippen LogP contribution in [0.1, 0.15) is 10.5 Å². The molecule has 0 bridgehead atoms. The van der Waals surface area contributed by atoms with Gasteiger partial charge in [-0.05, 0) is 12.1 Å². The summed E-state index contributed by atoms with van der Waals surface area (Å²) < 4.78 is 1.73. The van der Waals surface area contributed by atoms with Crippen molar-refractivity contribution in [1.29, 1.82) is 0 Å². The zero-order valence-electron chi connectivity index (χ0n) is 10.5. The summed E-state index contributed by atoms with van der Waals surface area (Å²) in [5, 5.41) is 5.83. The third kappa shape index (κ3) is 2.89. The molecule has 1 aromatic heterocycles. The van der Waals surface area contributed by atoms with Crippen molar-refractivity contribution in [3.63, 3.8) is 0 Å². The molecule has 0 atom stereocenters. The smallest absolute Gasteiger partial charge is 0.268 e. The number of hydrogen-bond acceptors (Lipinski definition) is 3. The Hall–Kier alpha value is -1.82. The molecule has 0 aliphatic carbocycles. The molecule has 18 heavy (non-hydrogen) atoms. The third-order valence-corrected chi connectivity index (χ3v) is 3.05. The Bertz CT molecular complexity index is 435. The van der Waals surface area contributed by atoms with Crippen molar-refractivity contribution in [2.24, 2.45) is 7.05 Å². The summed E-state index contributed by atoms with van der Waals surface area (Å²) in [5.74, 6) is -0.245. The van der Waals surface area contributed by atoms with E-state index in [1.807, 2.05) is 0 Å². The van der Waals surface area contributed by atoms with E-state index >= 15 is 0 Å². The molecular weight excluding hydrogens is 232 g/mol. The van der Waals surface area contributed by atoms with Crippen LogP contribution in [0.25, 0.3) is 0 Å². The van der Waals surface area contributed by atoms with Gasteiger partial charge in [-0.3, -0.25) is 9.59 Å². The summed E-state index contributed by atoms with van der Waals surface area (Å²) in [5.41, 5.74) is 0.558. The van der Waals surface area contributed by atoms with Gasteiger partial charge in [-0.25, -0.2) is 0 Å². The van der Waals surface area contributed by atoms with Crippen molar-refractivity contribution in [2.45, 2.75) is 0 Å². The van der Waals surface area contributed by atoms with Crippen LogP contribution in [0.3, 0.4) is 0 Å². The number of carbonyl (C=O) groups is 2. The van der Waals surface area contributed by atoms with Crippen molar-refractivity contribution >= 4 is 11.8 Å². The van der Waals surface area contributed by atoms with Crippen LogP contribution >= 0.6 is 0 Å². The largest absolute Gasteiger partial charge is 0.347 e. The quantitative estimate of drug-likeness (QED) is 0.737. The average Bonchev–Trinajstić information content (AvgIpc) is 2.83. The van der Waals surface area contributed by atoms with Crippen molar-refractivity contribution in [2.75, 3.05) is 32.7 Å². The van der Waals surface area contributed by atoms with E-state index in [0.717, 1.165) is 13.1 Å². The number of amides is 2. The molecule has 1 aromatic rings. The van der Waals surface area contributed by atoms with E-state index < -0.39 is 0 Å². The fourth-order valence-electron chi connectivity index (χ4n) is 1.97. The average molecular weight is 250 g/mol. The van der Waals surface area contributed by atoms with E-state index in [1.54, 1.807) is 34.8 Å². The number of carbonyl (C=O) groups excluding carboxylic acids is 2. The first-order valence-corrected chi connectivity index (χ1v) is 6.06. The highest BCUT2D eigenvalue weighted by molar-refractivity contribution is 5.95. The SMILES string of the molecule is Cn1cccc1C(=O)NCC(=O)N1CCNCC1. The Labute approximate surface area is 106 Å². The second-order valence-electron chi connectivity index (χ2n) is 4.32. The van der Waals surface area contributed by atoms with E-state index in [9.17, 15) is 9.59 Å². The minimum atomic E-state index is -0.217. The Morgan fingerprint density at radius 3 is 2.72 bits per heavy atom. The number of piperazine rings is 1. The number of aryl methyl sites for hydroxylation is 1. The Morgan fingerprint density at radius 2 is 2.11 bits per heavy atom. The van der Waals surface area contributed by atoms with Gasteiger partial charge in [0.15, 0.2) is 0 Å². The topological polar surface area (TPSA) is 66.4 Å². The van der Waals surface area contributed by atoms with Gasteiger partial charge in [-0.2, -0.15) is 0 Å². The van der Waals surface area contributed by atoms with Gasteiger partial charge < -0.3 is 20.1 Å². The molecular formula is C12H18N4O2. The molecule has 0 aromatic carbocycles. The van der Waals surface area contributed by atoms with Crippen molar-refractivity contribution < 1.29 is 9.59 Å². The van der Waals surface area contributed by atoms with Crippen molar-refractivity contribution in [3.05, 3.63) is 24.0 Å². The number of aromatic nitrogens is 1. The summed E-state index contributed by atoms with van der Waals surface area (Å²) in [4.78, 5) is 25.4. The first-order chi connectivity index (χ1) is 8.68. The van der Waals surface area contributed by atoms with Crippen LogP contribution in [0.4, 0.5) is 0 Å². The molecule has 0 unspecified atom stereocenters. The second kappa shape index (κ2) is 5.68. The Balaban J connectivity index is 1.82. The maximum Gasteiger partial charge on any atom is 0.268 e. The van der Waals surface area contributed by atoms with Crippen LogP contribution in [0.15, 0.2) is 18.3 Å². The van der Waals surface area contributed by atoms with Crippen LogP contribution < -0.4 is 10.6 Å². The normalized spacial score (nSPS) is 15.5. The highest BCUT2D eigenvalue weighted by atomic mass is 16.2. The molecule has 2 amide bonds. The predicted octanol–water partition coefficient (Wildman–Crippen LogP) is -0.813. The molecule has 2 heterocycles. The monoisotopic (exact) mass is 250 g/mol. The lowest BCUT2D eigenvalue weighted by molar-refractivity contribution is -0.130. The van der Waals surface area contributed by atoms with Crippen LogP contribution in [-0.4, -0.2) is 54.0 Å². The summed E-state index contributed by atoms with van der Waals surface area (Å²) in [7, 11) is 1.80. The minimum absolute atomic E-state index is 0.0286. The predicted molar refractivity (Wildman–Crippen MR) is 67.2 cm³/mol. The van der Waals surface area contributed by atoms with Gasteiger partial charge in [0.05, 0.1) is 6.54 Å². The van der Waals surface area contributed by atoms with Crippen LogP contribution in [0.2, 0.25) is 0 Å². The van der Waals surface area contributed by atoms with Gasteiger partial charge >= 0.3 is 0 Å². The van der Waals surface area contributed by atoms with Gasteiger partial charge in [0.2, 0.25) is 5.91 Å². The molecule has 0 saturated carbocycles. The van der Waals surface area contributed by atoms with Crippen LogP contribution in [0, 0.1) is 0 Å². The van der Waals surface area contributed by atoms with E-state index in [4.69, 9.17) is 0 Å². The fraction of sp³-hybridized carbons (Fsp3) is 0.500. The summed E-state index contributed by atoms with van der Waals surface area (Å²) in [6.07, 6.45) is 1.80. The maximum absolute atomic E-state index is 11.8. The molecule has 1 aliphatic heterocycles. The van der Waals surface area contributed by atoms with Crippen molar-refractivity contribution in [1.82, 2.24) is 20.1 Å². The zero-order chi connectivity index (χ0) is 13.0. The van der Waals surface area contributed by atoms with E-state index in [0.29, 0.717) is 18.8 Å². The molecule has 0 spiro atoms. The Morgan fingerprint density at radius 1 is 1.39 bits per heavy atom. The van der Waals surface area contributed by atoms with Gasteiger partial charge in [0.25, 0.3) is 5.91 Å². The molecule has 1 saturated heterocycles. The second-order valence-corrected chi connectivity index (χ2v) is 4.32. The first kappa shape index (κ1) is 12.6. The lowest BCUT2D eigenvalue weighted by atomic mass is 10.3. The van der Waals surface area contributed by atoms with Gasteiger partial charge in [0, 0.05) is 39.4 Å². The third-order valence-electron chi connectivity index (χ3n) is 3.05. The number of nitrogens with one attached hydrogen (secondary N) is 2. The highest BCUT2D eigenvalue weighted by Crippen LogP contribution is 1.99. The molecule has 6 heteroatoms. The lowest BCUT2D eigenvalue weighted by Gasteiger charge is -2.27. The molecule has 6 nitrogen and oxygen atoms in total. The fourth-order valence-corrected chi connectivity index (χ4v) is 1.97. The maximum atomic E-state index is 11.8. The molecule has 2 N–H and O–H groups in total. The lowest BCUT2D eigenvalue weighted by Crippen LogP contribution is -2.49. The molecule has 1 fully saturated rings. The highest BCUT2D eigenvalue weighted by Gasteiger charge is 2.17. The molecule has 98 valence electrons. The van der Waals surface area contributed by atoms with E-state index in [1.165, 1.54) is 0 Å².